The van der Waals surface area contributed by atoms with Gasteiger partial charge in [0.1, 0.15) is 24.0 Å². The molecule has 3 aliphatic rings. The Morgan fingerprint density at radius 2 is 1.72 bits per heavy atom. The molecule has 2 aliphatic heterocycles. The van der Waals surface area contributed by atoms with Gasteiger partial charge in [0, 0.05) is 12.1 Å². The average molecular weight is 435 g/mol. The fourth-order valence-electron chi connectivity index (χ4n) is 4.55. The maximum Gasteiger partial charge on any atom is 0.425 e. The summed E-state index contributed by atoms with van der Waals surface area (Å²) in [6.45, 7) is 0.561. The highest BCUT2D eigenvalue weighted by atomic mass is 16.6. The first kappa shape index (κ1) is 20.5. The van der Waals surface area contributed by atoms with E-state index in [1.165, 1.54) is 5.01 Å². The van der Waals surface area contributed by atoms with E-state index in [1.807, 2.05) is 36.4 Å². The molecule has 32 heavy (non-hydrogen) atoms. The van der Waals surface area contributed by atoms with Gasteiger partial charge < -0.3 is 14.4 Å². The average Bonchev–Trinajstić information content (AvgIpc) is 3.38. The van der Waals surface area contributed by atoms with Crippen molar-refractivity contribution in [2.24, 2.45) is 0 Å². The Morgan fingerprint density at radius 1 is 1.03 bits per heavy atom. The second-order valence-electron chi connectivity index (χ2n) is 8.52. The molecular weight excluding hydrogens is 410 g/mol. The molecule has 1 saturated carbocycles. The summed E-state index contributed by atoms with van der Waals surface area (Å²) >= 11 is 0. The summed E-state index contributed by atoms with van der Waals surface area (Å²) in [5, 5.41) is 1.26. The summed E-state index contributed by atoms with van der Waals surface area (Å²) in [6.07, 6.45) is 1.76. The predicted molar refractivity (Wildman–Crippen MR) is 115 cm³/mol. The molecule has 2 aromatic rings. The van der Waals surface area contributed by atoms with Crippen molar-refractivity contribution < 1.29 is 23.9 Å². The first-order valence-corrected chi connectivity index (χ1v) is 10.9. The lowest BCUT2D eigenvalue weighted by atomic mass is 9.80. The van der Waals surface area contributed by atoms with Crippen molar-refractivity contribution in [1.29, 1.82) is 0 Å². The predicted octanol–water partition coefficient (Wildman–Crippen LogP) is 2.41. The van der Waals surface area contributed by atoms with Crippen LogP contribution in [0.2, 0.25) is 0 Å². The Hall–Kier alpha value is -3.39. The van der Waals surface area contributed by atoms with E-state index in [9.17, 15) is 14.4 Å². The van der Waals surface area contributed by atoms with E-state index in [2.05, 4.69) is 5.43 Å². The van der Waals surface area contributed by atoms with E-state index in [0.29, 0.717) is 24.9 Å². The number of hydrogen-bond acceptors (Lipinski definition) is 6. The van der Waals surface area contributed by atoms with Crippen molar-refractivity contribution >= 4 is 17.8 Å². The Morgan fingerprint density at radius 3 is 2.38 bits per heavy atom. The number of para-hydroxylation sites is 1. The Bertz CT molecular complexity index is 1010. The third-order valence-corrected chi connectivity index (χ3v) is 6.46. The third-order valence-electron chi connectivity index (χ3n) is 6.46. The highest BCUT2D eigenvalue weighted by molar-refractivity contribution is 6.02. The van der Waals surface area contributed by atoms with E-state index in [1.54, 1.807) is 29.2 Å². The quantitative estimate of drug-likeness (QED) is 0.776. The maximum atomic E-state index is 13.0. The fourth-order valence-corrected chi connectivity index (χ4v) is 4.55. The molecule has 1 aliphatic carbocycles. The van der Waals surface area contributed by atoms with Crippen molar-refractivity contribution in [1.82, 2.24) is 15.3 Å². The Kier molecular flexibility index (Phi) is 5.30. The number of likely N-dealkylation sites (tertiary alicyclic amines) is 1. The first-order valence-electron chi connectivity index (χ1n) is 10.9. The van der Waals surface area contributed by atoms with Crippen LogP contribution >= 0.6 is 0 Å². The summed E-state index contributed by atoms with van der Waals surface area (Å²) in [6, 6.07) is 17.1. The minimum atomic E-state index is -0.748. The van der Waals surface area contributed by atoms with Crippen LogP contribution in [-0.4, -0.2) is 65.1 Å². The summed E-state index contributed by atoms with van der Waals surface area (Å²) in [4.78, 5) is 40.3. The molecule has 2 saturated heterocycles. The van der Waals surface area contributed by atoms with Crippen LogP contribution in [0, 0.1) is 0 Å². The van der Waals surface area contributed by atoms with E-state index >= 15 is 0 Å². The number of amides is 2. The lowest BCUT2D eigenvalue weighted by Crippen LogP contribution is -2.54. The van der Waals surface area contributed by atoms with Gasteiger partial charge in [-0.05, 0) is 43.5 Å². The summed E-state index contributed by atoms with van der Waals surface area (Å²) in [5.74, 6) is 0.329. The Balaban J connectivity index is 1.25. The molecule has 2 atom stereocenters. The number of fused-ring (bicyclic) bond motifs is 1. The van der Waals surface area contributed by atoms with E-state index < -0.39 is 23.8 Å². The van der Waals surface area contributed by atoms with Crippen LogP contribution in [0.5, 0.6) is 5.75 Å². The number of ketones is 1. The topological polar surface area (TPSA) is 88.2 Å². The molecule has 0 spiro atoms. The molecule has 2 aromatic carbocycles. The number of nitrogens with one attached hydrogen (secondary N) is 1. The number of carbonyl (C=O) groups excluding carboxylic acids is 3. The van der Waals surface area contributed by atoms with Gasteiger partial charge in [-0.1, -0.05) is 36.4 Å². The van der Waals surface area contributed by atoms with Crippen LogP contribution in [0.4, 0.5) is 4.79 Å². The molecular formula is C24H25N3O5. The molecule has 166 valence electrons. The van der Waals surface area contributed by atoms with Gasteiger partial charge in [-0.25, -0.2) is 15.2 Å². The second kappa shape index (κ2) is 8.27. The summed E-state index contributed by atoms with van der Waals surface area (Å²) in [7, 11) is 0. The SMILES string of the molecule is O=C1CN(C(=O)c2ccccc2)[C@@H]2CNN(C(=O)OC3(COc4ccccc4)CCC3)[C@H]12. The molecule has 3 fully saturated rings. The molecule has 8 nitrogen and oxygen atoms in total. The zero-order valence-electron chi connectivity index (χ0n) is 17.6. The standard InChI is InChI=1S/C24H25N3O5/c28-20-15-26(22(29)17-8-3-1-4-9-17)19-14-25-27(21(19)20)23(30)32-24(12-7-13-24)16-31-18-10-5-2-6-11-18/h1-6,8-11,19,21,25H,7,12-16H2/t19-,21+/m1/s1. The van der Waals surface area contributed by atoms with Crippen LogP contribution in [0.3, 0.4) is 0 Å². The molecule has 2 amide bonds. The van der Waals surface area contributed by atoms with E-state index in [4.69, 9.17) is 9.47 Å². The lowest BCUT2D eigenvalue weighted by Gasteiger charge is -2.41. The minimum Gasteiger partial charge on any atom is -0.489 e. The van der Waals surface area contributed by atoms with Crippen molar-refractivity contribution in [2.45, 2.75) is 36.9 Å². The van der Waals surface area contributed by atoms with Gasteiger partial charge in [-0.15, -0.1) is 0 Å². The van der Waals surface area contributed by atoms with Crippen molar-refractivity contribution in [2.75, 3.05) is 19.7 Å². The number of hydrogen-bond donors (Lipinski definition) is 1. The van der Waals surface area contributed by atoms with Crippen LogP contribution in [0.15, 0.2) is 60.7 Å². The molecule has 0 bridgehead atoms. The summed E-state index contributed by atoms with van der Waals surface area (Å²) < 4.78 is 11.7. The highest BCUT2D eigenvalue weighted by Crippen LogP contribution is 2.37. The molecule has 0 unspecified atom stereocenters. The van der Waals surface area contributed by atoms with E-state index in [0.717, 1.165) is 12.2 Å². The molecule has 0 radical (unpaired) electrons. The monoisotopic (exact) mass is 435 g/mol. The normalized spacial score (nSPS) is 23.4. The van der Waals surface area contributed by atoms with Crippen LogP contribution in [0.1, 0.15) is 29.6 Å². The van der Waals surface area contributed by atoms with Gasteiger partial charge in [0.2, 0.25) is 0 Å². The second-order valence-corrected chi connectivity index (χ2v) is 8.52. The third kappa shape index (κ3) is 3.71. The molecule has 5 rings (SSSR count). The molecule has 8 heteroatoms. The number of rotatable bonds is 5. The van der Waals surface area contributed by atoms with E-state index in [-0.39, 0.29) is 24.8 Å². The van der Waals surface area contributed by atoms with Gasteiger partial charge in [0.15, 0.2) is 5.78 Å². The van der Waals surface area contributed by atoms with Gasteiger partial charge >= 0.3 is 6.09 Å². The number of carbonyl (C=O) groups is 3. The van der Waals surface area contributed by atoms with Crippen LogP contribution < -0.4 is 10.2 Å². The fraction of sp³-hybridized carbons (Fsp3) is 0.375. The lowest BCUT2D eigenvalue weighted by molar-refractivity contribution is -0.123. The molecule has 0 aromatic heterocycles. The van der Waals surface area contributed by atoms with Crippen molar-refractivity contribution in [3.8, 4) is 5.75 Å². The zero-order chi connectivity index (χ0) is 22.1. The van der Waals surface area contributed by atoms with Gasteiger partial charge in [-0.2, -0.15) is 0 Å². The smallest absolute Gasteiger partial charge is 0.425 e. The largest absolute Gasteiger partial charge is 0.489 e. The minimum absolute atomic E-state index is 0.0171. The van der Waals surface area contributed by atoms with Gasteiger partial charge in [0.25, 0.3) is 5.91 Å². The highest BCUT2D eigenvalue weighted by Gasteiger charge is 2.54. The zero-order valence-corrected chi connectivity index (χ0v) is 17.6. The molecule has 1 N–H and O–H groups in total. The first-order chi connectivity index (χ1) is 15.6. The Labute approximate surface area is 186 Å². The van der Waals surface area contributed by atoms with Gasteiger partial charge in [-0.3, -0.25) is 9.59 Å². The number of Topliss-reactive ketones (excluding diaryl/α,β-unsaturated/α-hetero) is 1. The number of nitrogens with zero attached hydrogens (tertiary/aromatic N) is 2. The van der Waals surface area contributed by atoms with Crippen LogP contribution in [-0.2, 0) is 9.53 Å². The molecule has 2 heterocycles. The van der Waals surface area contributed by atoms with Gasteiger partial charge in [0.05, 0.1) is 12.6 Å². The van der Waals surface area contributed by atoms with Crippen LogP contribution in [0.25, 0.3) is 0 Å². The van der Waals surface area contributed by atoms with Crippen molar-refractivity contribution in [3.05, 3.63) is 66.2 Å². The maximum absolute atomic E-state index is 13.0. The number of benzene rings is 2. The van der Waals surface area contributed by atoms with Crippen molar-refractivity contribution in [3.63, 3.8) is 0 Å². The number of ether oxygens (including phenoxy) is 2. The number of hydrazine groups is 1. The summed E-state index contributed by atoms with van der Waals surface area (Å²) in [5.41, 5.74) is 2.79.